The number of thiocarbonyl (C=S) groups is 1. The molecular formula is C25H28N4O2S. The minimum atomic E-state index is -0.927. The molecule has 6 nitrogen and oxygen atoms in total. The molecule has 2 atom stereocenters. The van der Waals surface area contributed by atoms with Crippen molar-refractivity contribution in [3.05, 3.63) is 82.4 Å². The molecule has 1 aromatic carbocycles. The third-order valence-electron chi connectivity index (χ3n) is 6.15. The molecule has 1 aliphatic heterocycles. The standard InChI is InChI=1S/C25H28N4O2S/c1-5-12-28-23(22(27-25(28)32)20-8-6-7-11-26-20)19-13-16(3)29(17(19)4)21-14-18(24(30)31)10-9-15(21)2/h6-11,13-14,22-23H,5,12H2,1-4H3,(H,27,32)(H,30,31). The summed E-state index contributed by atoms with van der Waals surface area (Å²) in [6.45, 7) is 9.15. The van der Waals surface area contributed by atoms with Crippen molar-refractivity contribution in [2.75, 3.05) is 6.54 Å². The molecule has 1 saturated heterocycles. The van der Waals surface area contributed by atoms with Crippen LogP contribution >= 0.6 is 12.2 Å². The van der Waals surface area contributed by atoms with Crippen LogP contribution in [0.2, 0.25) is 0 Å². The molecule has 2 N–H and O–H groups in total. The van der Waals surface area contributed by atoms with Crippen LogP contribution in [0.4, 0.5) is 0 Å². The summed E-state index contributed by atoms with van der Waals surface area (Å²) < 4.78 is 2.15. The molecule has 4 rings (SSSR count). The lowest BCUT2D eigenvalue weighted by Crippen LogP contribution is -2.30. The van der Waals surface area contributed by atoms with Gasteiger partial charge in [-0.25, -0.2) is 4.79 Å². The van der Waals surface area contributed by atoms with Crippen LogP contribution in [-0.4, -0.2) is 37.2 Å². The predicted molar refractivity (Wildman–Crippen MR) is 129 cm³/mol. The quantitative estimate of drug-likeness (QED) is 0.524. The highest BCUT2D eigenvalue weighted by Crippen LogP contribution is 2.41. The van der Waals surface area contributed by atoms with Gasteiger partial charge in [0.1, 0.15) is 0 Å². The monoisotopic (exact) mass is 448 g/mol. The number of aromatic nitrogens is 2. The summed E-state index contributed by atoms with van der Waals surface area (Å²) in [6, 6.07) is 13.3. The number of benzene rings is 1. The molecule has 1 fully saturated rings. The maximum atomic E-state index is 11.6. The van der Waals surface area contributed by atoms with Gasteiger partial charge >= 0.3 is 5.97 Å². The van der Waals surface area contributed by atoms with Gasteiger partial charge in [0.15, 0.2) is 5.11 Å². The van der Waals surface area contributed by atoms with E-state index in [0.29, 0.717) is 0 Å². The summed E-state index contributed by atoms with van der Waals surface area (Å²) in [6.07, 6.45) is 2.79. The van der Waals surface area contributed by atoms with E-state index in [0.717, 1.165) is 46.4 Å². The number of hydrogen-bond acceptors (Lipinski definition) is 3. The van der Waals surface area contributed by atoms with Gasteiger partial charge in [0.25, 0.3) is 0 Å². The van der Waals surface area contributed by atoms with Crippen LogP contribution < -0.4 is 5.32 Å². The molecule has 2 unspecified atom stereocenters. The first-order chi connectivity index (χ1) is 15.3. The van der Waals surface area contributed by atoms with E-state index in [1.54, 1.807) is 12.1 Å². The molecule has 2 aromatic heterocycles. The molecule has 0 aliphatic carbocycles. The molecule has 1 aliphatic rings. The molecule has 7 heteroatoms. The number of rotatable bonds is 6. The van der Waals surface area contributed by atoms with Crippen LogP contribution in [0.5, 0.6) is 0 Å². The number of carbonyl (C=O) groups is 1. The number of aryl methyl sites for hydroxylation is 2. The van der Waals surface area contributed by atoms with Crippen molar-refractivity contribution >= 4 is 23.3 Å². The number of pyridine rings is 1. The third kappa shape index (κ3) is 3.77. The van der Waals surface area contributed by atoms with Crippen LogP contribution in [0.25, 0.3) is 5.69 Å². The first kappa shape index (κ1) is 22.0. The van der Waals surface area contributed by atoms with Gasteiger partial charge in [0.2, 0.25) is 0 Å². The van der Waals surface area contributed by atoms with Gasteiger partial charge in [-0.3, -0.25) is 4.98 Å². The van der Waals surface area contributed by atoms with Crippen molar-refractivity contribution < 1.29 is 9.90 Å². The SMILES string of the molecule is CCCN1C(=S)NC(c2ccccn2)C1c1cc(C)n(-c2cc(C(=O)O)ccc2C)c1C. The van der Waals surface area contributed by atoms with Gasteiger partial charge in [0.05, 0.1) is 23.3 Å². The molecule has 0 radical (unpaired) electrons. The summed E-state index contributed by atoms with van der Waals surface area (Å²) in [5, 5.41) is 13.7. The van der Waals surface area contributed by atoms with E-state index >= 15 is 0 Å². The number of carboxylic acids is 1. The van der Waals surface area contributed by atoms with Crippen molar-refractivity contribution in [1.82, 2.24) is 19.8 Å². The number of nitrogens with zero attached hydrogens (tertiary/aromatic N) is 3. The van der Waals surface area contributed by atoms with Crippen molar-refractivity contribution in [2.45, 2.75) is 46.2 Å². The van der Waals surface area contributed by atoms with Gasteiger partial charge in [0, 0.05) is 29.8 Å². The Kier molecular flexibility index (Phi) is 6.02. The Bertz CT molecular complexity index is 1170. The van der Waals surface area contributed by atoms with Crippen molar-refractivity contribution in [3.63, 3.8) is 0 Å². The first-order valence-electron chi connectivity index (χ1n) is 10.8. The zero-order valence-corrected chi connectivity index (χ0v) is 19.6. The minimum absolute atomic E-state index is 0.000243. The summed E-state index contributed by atoms with van der Waals surface area (Å²) in [5.41, 5.74) is 6.43. The van der Waals surface area contributed by atoms with Gasteiger partial charge in [-0.15, -0.1) is 0 Å². The Labute approximate surface area is 193 Å². The van der Waals surface area contributed by atoms with E-state index in [-0.39, 0.29) is 17.6 Å². The summed E-state index contributed by atoms with van der Waals surface area (Å²) in [5.74, 6) is -0.927. The molecule has 32 heavy (non-hydrogen) atoms. The number of aromatic carboxylic acids is 1. The zero-order valence-electron chi connectivity index (χ0n) is 18.8. The number of carboxylic acid groups (broad SMARTS) is 1. The second-order valence-electron chi connectivity index (χ2n) is 8.29. The Balaban J connectivity index is 1.86. The number of hydrogen-bond donors (Lipinski definition) is 2. The molecule has 0 amide bonds. The Morgan fingerprint density at radius 2 is 1.97 bits per heavy atom. The summed E-state index contributed by atoms with van der Waals surface area (Å²) in [7, 11) is 0. The van der Waals surface area contributed by atoms with Gasteiger partial charge < -0.3 is 19.9 Å². The highest BCUT2D eigenvalue weighted by molar-refractivity contribution is 7.80. The minimum Gasteiger partial charge on any atom is -0.478 e. The highest BCUT2D eigenvalue weighted by Gasteiger charge is 2.41. The molecule has 3 heterocycles. The van der Waals surface area contributed by atoms with Crippen LogP contribution in [0.15, 0.2) is 48.7 Å². The Hall–Kier alpha value is -3.19. The van der Waals surface area contributed by atoms with E-state index in [2.05, 4.69) is 46.6 Å². The van der Waals surface area contributed by atoms with E-state index in [1.807, 2.05) is 37.4 Å². The van der Waals surface area contributed by atoms with Crippen LogP contribution in [-0.2, 0) is 0 Å². The molecule has 166 valence electrons. The summed E-state index contributed by atoms with van der Waals surface area (Å²) in [4.78, 5) is 18.4. The lowest BCUT2D eigenvalue weighted by molar-refractivity contribution is 0.0697. The second-order valence-corrected chi connectivity index (χ2v) is 8.67. The maximum Gasteiger partial charge on any atom is 0.335 e. The predicted octanol–water partition coefficient (Wildman–Crippen LogP) is 4.88. The molecule has 0 bridgehead atoms. The topological polar surface area (TPSA) is 70.4 Å². The molecule has 3 aromatic rings. The van der Waals surface area contributed by atoms with E-state index in [1.165, 1.54) is 5.56 Å². The van der Waals surface area contributed by atoms with E-state index in [4.69, 9.17) is 12.2 Å². The largest absolute Gasteiger partial charge is 0.478 e. The lowest BCUT2D eigenvalue weighted by Gasteiger charge is -2.28. The van der Waals surface area contributed by atoms with E-state index in [9.17, 15) is 9.90 Å². The van der Waals surface area contributed by atoms with Crippen LogP contribution in [0.1, 0.15) is 64.0 Å². The van der Waals surface area contributed by atoms with E-state index < -0.39 is 5.97 Å². The normalized spacial score (nSPS) is 18.1. The first-order valence-corrected chi connectivity index (χ1v) is 11.3. The smallest absolute Gasteiger partial charge is 0.335 e. The number of nitrogens with one attached hydrogen (secondary N) is 1. The maximum absolute atomic E-state index is 11.6. The molecule has 0 spiro atoms. The molecular weight excluding hydrogens is 420 g/mol. The van der Waals surface area contributed by atoms with Crippen molar-refractivity contribution in [2.24, 2.45) is 0 Å². The lowest BCUT2D eigenvalue weighted by atomic mass is 9.96. The Morgan fingerprint density at radius 1 is 1.19 bits per heavy atom. The highest BCUT2D eigenvalue weighted by atomic mass is 32.1. The summed E-state index contributed by atoms with van der Waals surface area (Å²) >= 11 is 5.72. The fourth-order valence-corrected chi connectivity index (χ4v) is 5.00. The van der Waals surface area contributed by atoms with Crippen LogP contribution in [0.3, 0.4) is 0 Å². The van der Waals surface area contributed by atoms with Crippen molar-refractivity contribution in [3.8, 4) is 5.69 Å². The second kappa shape index (κ2) is 8.74. The van der Waals surface area contributed by atoms with Crippen LogP contribution in [0, 0.1) is 20.8 Å². The average molecular weight is 449 g/mol. The fourth-order valence-electron chi connectivity index (χ4n) is 4.67. The fraction of sp³-hybridized carbons (Fsp3) is 0.320. The van der Waals surface area contributed by atoms with Gasteiger partial charge in [-0.1, -0.05) is 19.1 Å². The third-order valence-corrected chi connectivity index (χ3v) is 6.50. The average Bonchev–Trinajstić information content (AvgIpc) is 3.25. The Morgan fingerprint density at radius 3 is 2.62 bits per heavy atom. The van der Waals surface area contributed by atoms with Gasteiger partial charge in [-0.05, 0) is 80.9 Å². The molecule has 0 saturated carbocycles. The zero-order chi connectivity index (χ0) is 23.0. The van der Waals surface area contributed by atoms with Crippen molar-refractivity contribution in [1.29, 1.82) is 0 Å². The van der Waals surface area contributed by atoms with Gasteiger partial charge in [-0.2, -0.15) is 0 Å².